The van der Waals surface area contributed by atoms with Gasteiger partial charge in [-0.1, -0.05) is 10.4 Å². The molecule has 3 aromatic rings. The van der Waals surface area contributed by atoms with Crippen molar-refractivity contribution in [2.24, 2.45) is 10.3 Å². The predicted octanol–water partition coefficient (Wildman–Crippen LogP) is 2.53. The first kappa shape index (κ1) is 21.4. The molecule has 0 spiro atoms. The number of amides is 2. The van der Waals surface area contributed by atoms with Crippen LogP contribution in [-0.4, -0.2) is 53.3 Å². The van der Waals surface area contributed by atoms with E-state index in [1.54, 1.807) is 18.2 Å². The maximum absolute atomic E-state index is 13.7. The van der Waals surface area contributed by atoms with Crippen molar-refractivity contribution in [2.75, 3.05) is 19.1 Å². The van der Waals surface area contributed by atoms with Crippen molar-refractivity contribution >= 4 is 17.5 Å². The Balaban J connectivity index is 1.35. The van der Waals surface area contributed by atoms with Gasteiger partial charge in [0.2, 0.25) is 11.7 Å². The Morgan fingerprint density at radius 1 is 1.00 bits per heavy atom. The van der Waals surface area contributed by atoms with Crippen LogP contribution in [-0.2, 0) is 16.1 Å². The Bertz CT molecular complexity index is 1330. The summed E-state index contributed by atoms with van der Waals surface area (Å²) < 4.78 is 42.7. The van der Waals surface area contributed by atoms with E-state index in [1.165, 1.54) is 19.2 Å². The molecule has 3 heterocycles. The fourth-order valence-corrected chi connectivity index (χ4v) is 3.78. The fourth-order valence-electron chi connectivity index (χ4n) is 3.78. The minimum atomic E-state index is -1.18. The number of halogens is 2. The third-order valence-electron chi connectivity index (χ3n) is 5.43. The number of hydrogen-bond donors (Lipinski definition) is 0. The number of benzene rings is 2. The molecule has 1 saturated heterocycles. The minimum absolute atomic E-state index is 0.0908. The third-order valence-corrected chi connectivity index (χ3v) is 5.43. The van der Waals surface area contributed by atoms with E-state index in [2.05, 4.69) is 20.5 Å². The summed E-state index contributed by atoms with van der Waals surface area (Å²) in [6, 6.07) is 5.67. The second-order valence-electron chi connectivity index (χ2n) is 7.38. The molecule has 13 heteroatoms. The number of ether oxygens (including phenoxy) is 2. The van der Waals surface area contributed by atoms with Crippen molar-refractivity contribution in [2.45, 2.75) is 18.6 Å². The van der Waals surface area contributed by atoms with Crippen LogP contribution in [0.4, 0.5) is 14.5 Å². The Kier molecular flexibility index (Phi) is 5.15. The Morgan fingerprint density at radius 3 is 2.53 bits per heavy atom. The predicted molar refractivity (Wildman–Crippen MR) is 110 cm³/mol. The lowest BCUT2D eigenvalue weighted by Crippen LogP contribution is -2.39. The molecular formula is C21H16F2N6O5. The van der Waals surface area contributed by atoms with E-state index in [1.807, 2.05) is 0 Å². The second-order valence-corrected chi connectivity index (χ2v) is 7.38. The summed E-state index contributed by atoms with van der Waals surface area (Å²) in [6.07, 6.45) is 0. The van der Waals surface area contributed by atoms with Crippen molar-refractivity contribution in [1.82, 2.24) is 15.1 Å². The lowest BCUT2D eigenvalue weighted by Gasteiger charge is -2.19. The lowest BCUT2D eigenvalue weighted by atomic mass is 10.1. The first-order chi connectivity index (χ1) is 16.4. The van der Waals surface area contributed by atoms with Gasteiger partial charge in [0.25, 0.3) is 11.8 Å². The summed E-state index contributed by atoms with van der Waals surface area (Å²) in [7, 11) is 3.02. The van der Waals surface area contributed by atoms with Crippen molar-refractivity contribution in [3.8, 4) is 22.9 Å². The number of rotatable bonds is 6. The summed E-state index contributed by atoms with van der Waals surface area (Å²) in [5, 5.41) is 13.0. The van der Waals surface area contributed by atoms with Crippen LogP contribution in [0.15, 0.2) is 51.3 Å². The standard InChI is InChI=1S/C21H16F2N6O5/c1-32-14-6-3-10(7-15(14)33-2)19-24-16(34-26-19)9-28-18-17(25-27-28)20(30)29(21(18)31)11-4-5-12(22)13(23)8-11/h3-8,17-18H,9H2,1-2H3/t17-,18+/m1/s1. The maximum Gasteiger partial charge on any atom is 0.263 e. The van der Waals surface area contributed by atoms with E-state index in [4.69, 9.17) is 14.0 Å². The van der Waals surface area contributed by atoms with Gasteiger partial charge in [0.05, 0.1) is 19.9 Å². The van der Waals surface area contributed by atoms with Crippen LogP contribution in [0, 0.1) is 11.6 Å². The van der Waals surface area contributed by atoms with E-state index < -0.39 is 35.5 Å². The lowest BCUT2D eigenvalue weighted by molar-refractivity contribution is -0.123. The molecule has 2 amide bonds. The van der Waals surface area contributed by atoms with Crippen molar-refractivity contribution in [3.05, 3.63) is 53.9 Å². The topological polar surface area (TPSA) is 123 Å². The first-order valence-electron chi connectivity index (χ1n) is 9.96. The van der Waals surface area contributed by atoms with Gasteiger partial charge in [0.15, 0.2) is 35.2 Å². The number of imide groups is 1. The highest BCUT2D eigenvalue weighted by Gasteiger charge is 2.55. The molecule has 2 aromatic carbocycles. The van der Waals surface area contributed by atoms with Crippen LogP contribution >= 0.6 is 0 Å². The highest BCUT2D eigenvalue weighted by Crippen LogP contribution is 2.34. The summed E-state index contributed by atoms with van der Waals surface area (Å²) in [5.41, 5.74) is 0.511. The Morgan fingerprint density at radius 2 is 1.79 bits per heavy atom. The second kappa shape index (κ2) is 8.17. The molecule has 0 radical (unpaired) electrons. The van der Waals surface area contributed by atoms with E-state index >= 15 is 0 Å². The quantitative estimate of drug-likeness (QED) is 0.504. The molecule has 0 aliphatic carbocycles. The van der Waals surface area contributed by atoms with Gasteiger partial charge in [-0.2, -0.15) is 10.1 Å². The largest absolute Gasteiger partial charge is 0.493 e. The zero-order chi connectivity index (χ0) is 24.0. The van der Waals surface area contributed by atoms with Gasteiger partial charge in [-0.3, -0.25) is 14.6 Å². The molecule has 34 heavy (non-hydrogen) atoms. The molecule has 0 unspecified atom stereocenters. The molecule has 0 bridgehead atoms. The van der Waals surface area contributed by atoms with Crippen LogP contribution in [0.2, 0.25) is 0 Å². The highest BCUT2D eigenvalue weighted by atomic mass is 19.2. The van der Waals surface area contributed by atoms with E-state index in [9.17, 15) is 18.4 Å². The normalized spacial score (nSPS) is 19.2. The molecule has 5 rings (SSSR count). The van der Waals surface area contributed by atoms with Gasteiger partial charge in [-0.15, -0.1) is 0 Å². The zero-order valence-corrected chi connectivity index (χ0v) is 17.8. The number of nitrogens with zero attached hydrogens (tertiary/aromatic N) is 6. The summed E-state index contributed by atoms with van der Waals surface area (Å²) in [5.74, 6) is -2.23. The smallest absolute Gasteiger partial charge is 0.263 e. The van der Waals surface area contributed by atoms with Crippen LogP contribution < -0.4 is 14.4 Å². The molecule has 1 aromatic heterocycles. The summed E-state index contributed by atoms with van der Waals surface area (Å²) in [4.78, 5) is 30.8. The maximum atomic E-state index is 13.7. The summed E-state index contributed by atoms with van der Waals surface area (Å²) in [6.45, 7) is -0.102. The third kappa shape index (κ3) is 3.41. The van der Waals surface area contributed by atoms with Gasteiger partial charge < -0.3 is 14.0 Å². The van der Waals surface area contributed by atoms with Crippen LogP contribution in [0.1, 0.15) is 5.89 Å². The first-order valence-corrected chi connectivity index (χ1v) is 9.96. The number of hydrogen-bond acceptors (Lipinski definition) is 10. The van der Waals surface area contributed by atoms with Gasteiger partial charge >= 0.3 is 0 Å². The molecule has 0 N–H and O–H groups in total. The number of fused-ring (bicyclic) bond motifs is 1. The van der Waals surface area contributed by atoms with E-state index in [0.717, 1.165) is 23.1 Å². The molecule has 2 aliphatic heterocycles. The highest BCUT2D eigenvalue weighted by molar-refractivity contribution is 6.25. The van der Waals surface area contributed by atoms with Crippen LogP contribution in [0.3, 0.4) is 0 Å². The Labute approximate surface area is 190 Å². The van der Waals surface area contributed by atoms with Crippen LogP contribution in [0.5, 0.6) is 11.5 Å². The van der Waals surface area contributed by atoms with E-state index in [0.29, 0.717) is 17.1 Å². The molecular weight excluding hydrogens is 454 g/mol. The number of carbonyl (C=O) groups excluding carboxylic acids is 2. The SMILES string of the molecule is COc1ccc(-c2noc(CN3N=N[C@H]4C(=O)N(c5ccc(F)c(F)c5)C(=O)[C@H]43)n2)cc1OC. The van der Waals surface area contributed by atoms with Gasteiger partial charge in [-0.05, 0) is 30.3 Å². The minimum Gasteiger partial charge on any atom is -0.493 e. The zero-order valence-electron chi connectivity index (χ0n) is 17.8. The van der Waals surface area contributed by atoms with E-state index in [-0.39, 0.29) is 23.9 Å². The number of carbonyl (C=O) groups is 2. The molecule has 11 nitrogen and oxygen atoms in total. The molecule has 1 fully saturated rings. The van der Waals surface area contributed by atoms with Crippen molar-refractivity contribution in [3.63, 3.8) is 0 Å². The number of aromatic nitrogens is 2. The average Bonchev–Trinajstić information content (AvgIpc) is 3.53. The number of anilines is 1. The monoisotopic (exact) mass is 470 g/mol. The number of methoxy groups -OCH3 is 2. The molecule has 0 saturated carbocycles. The van der Waals surface area contributed by atoms with Gasteiger partial charge in [0.1, 0.15) is 6.54 Å². The van der Waals surface area contributed by atoms with Crippen LogP contribution in [0.25, 0.3) is 11.4 Å². The summed E-state index contributed by atoms with van der Waals surface area (Å²) >= 11 is 0. The molecule has 174 valence electrons. The fraction of sp³-hybridized carbons (Fsp3) is 0.238. The molecule has 2 aliphatic rings. The average molecular weight is 470 g/mol. The molecule has 2 atom stereocenters. The Hall–Kier alpha value is -4.42. The van der Waals surface area contributed by atoms with Crippen molar-refractivity contribution in [1.29, 1.82) is 0 Å². The van der Waals surface area contributed by atoms with Gasteiger partial charge in [0, 0.05) is 11.6 Å². The van der Waals surface area contributed by atoms with Gasteiger partial charge in [-0.25, -0.2) is 13.7 Å². The van der Waals surface area contributed by atoms with Crippen molar-refractivity contribution < 1.29 is 32.4 Å².